The molecule has 3 nitrogen and oxygen atoms in total. The van der Waals surface area contributed by atoms with Crippen molar-refractivity contribution in [2.24, 2.45) is 5.73 Å². The molecule has 1 heterocycles. The Hall–Kier alpha value is -0.770. The average molecular weight is 257 g/mol. The largest absolute Gasteiger partial charge is 0.490 e. The van der Waals surface area contributed by atoms with Crippen LogP contribution in [0.4, 0.5) is 0 Å². The molecule has 0 atom stereocenters. The van der Waals surface area contributed by atoms with Crippen LogP contribution in [0.1, 0.15) is 18.4 Å². The molecule has 0 aliphatic carbocycles. The monoisotopic (exact) mass is 256 g/mol. The van der Waals surface area contributed by atoms with Crippen molar-refractivity contribution in [3.63, 3.8) is 0 Å². The molecule has 1 aromatic rings. The molecule has 1 saturated heterocycles. The van der Waals surface area contributed by atoms with Gasteiger partial charge in [0.05, 0.1) is 0 Å². The quantitative estimate of drug-likeness (QED) is 0.900. The molecule has 1 aliphatic rings. The minimum Gasteiger partial charge on any atom is -0.490 e. The van der Waals surface area contributed by atoms with Gasteiger partial charge in [-0.25, -0.2) is 0 Å². The number of ether oxygens (including phenoxy) is 1. The third-order valence-electron chi connectivity index (χ3n) is 3.10. The molecule has 2 N–H and O–H groups in total. The lowest BCUT2D eigenvalue weighted by Gasteiger charge is -2.29. The SMILES string of the molecule is CN1CCC(Oc2cccc(CN)c2)CC1.Cl. The van der Waals surface area contributed by atoms with Gasteiger partial charge < -0.3 is 15.4 Å². The molecule has 17 heavy (non-hydrogen) atoms. The van der Waals surface area contributed by atoms with E-state index in [9.17, 15) is 0 Å². The number of halogens is 1. The molecular formula is C13H21ClN2O. The van der Waals surface area contributed by atoms with Crippen LogP contribution >= 0.6 is 12.4 Å². The van der Waals surface area contributed by atoms with Crippen molar-refractivity contribution in [2.45, 2.75) is 25.5 Å². The average Bonchev–Trinajstić information content (AvgIpc) is 2.32. The highest BCUT2D eigenvalue weighted by Crippen LogP contribution is 2.19. The maximum absolute atomic E-state index is 5.96. The molecule has 0 bridgehead atoms. The zero-order chi connectivity index (χ0) is 11.4. The van der Waals surface area contributed by atoms with Gasteiger partial charge in [-0.15, -0.1) is 12.4 Å². The number of nitrogens with zero attached hydrogens (tertiary/aromatic N) is 1. The Kier molecular flexibility index (Phi) is 5.75. The van der Waals surface area contributed by atoms with Crippen molar-refractivity contribution < 1.29 is 4.74 Å². The topological polar surface area (TPSA) is 38.5 Å². The Morgan fingerprint density at radius 2 is 2.06 bits per heavy atom. The number of nitrogens with two attached hydrogens (primary N) is 1. The normalized spacial score (nSPS) is 17.5. The minimum atomic E-state index is 0. The zero-order valence-electron chi connectivity index (χ0n) is 10.3. The third-order valence-corrected chi connectivity index (χ3v) is 3.10. The molecule has 2 rings (SSSR count). The van der Waals surface area contributed by atoms with Crippen LogP contribution in [-0.4, -0.2) is 31.1 Å². The lowest BCUT2D eigenvalue weighted by Crippen LogP contribution is -2.35. The maximum atomic E-state index is 5.96. The van der Waals surface area contributed by atoms with E-state index in [1.165, 1.54) is 0 Å². The smallest absolute Gasteiger partial charge is 0.120 e. The molecule has 0 spiro atoms. The van der Waals surface area contributed by atoms with Crippen LogP contribution in [0, 0.1) is 0 Å². The van der Waals surface area contributed by atoms with Crippen LogP contribution in [-0.2, 0) is 6.54 Å². The van der Waals surface area contributed by atoms with Crippen molar-refractivity contribution in [3.05, 3.63) is 29.8 Å². The van der Waals surface area contributed by atoms with E-state index in [0.29, 0.717) is 12.6 Å². The van der Waals surface area contributed by atoms with E-state index in [4.69, 9.17) is 10.5 Å². The summed E-state index contributed by atoms with van der Waals surface area (Å²) in [6.07, 6.45) is 2.59. The number of hydrogen-bond donors (Lipinski definition) is 1. The molecule has 1 fully saturated rings. The fourth-order valence-electron chi connectivity index (χ4n) is 2.04. The lowest BCUT2D eigenvalue weighted by molar-refractivity contribution is 0.114. The van der Waals surface area contributed by atoms with Gasteiger partial charge in [-0.3, -0.25) is 0 Å². The molecule has 1 aromatic carbocycles. The van der Waals surface area contributed by atoms with Gasteiger partial charge in [0.1, 0.15) is 11.9 Å². The number of rotatable bonds is 3. The van der Waals surface area contributed by atoms with Crippen molar-refractivity contribution in [1.29, 1.82) is 0 Å². The van der Waals surface area contributed by atoms with Gasteiger partial charge in [-0.05, 0) is 37.6 Å². The van der Waals surface area contributed by atoms with Gasteiger partial charge >= 0.3 is 0 Å². The predicted molar refractivity (Wildman–Crippen MR) is 72.7 cm³/mol. The summed E-state index contributed by atoms with van der Waals surface area (Å²) in [4.78, 5) is 2.34. The van der Waals surface area contributed by atoms with E-state index < -0.39 is 0 Å². The van der Waals surface area contributed by atoms with Gasteiger partial charge in [-0.1, -0.05) is 12.1 Å². The first-order chi connectivity index (χ1) is 7.78. The highest BCUT2D eigenvalue weighted by atomic mass is 35.5. The van der Waals surface area contributed by atoms with Crippen molar-refractivity contribution in [1.82, 2.24) is 4.90 Å². The first-order valence-electron chi connectivity index (χ1n) is 5.92. The molecular weight excluding hydrogens is 236 g/mol. The van der Waals surface area contributed by atoms with Crippen LogP contribution in [0.15, 0.2) is 24.3 Å². The predicted octanol–water partition coefficient (Wildman–Crippen LogP) is 2.04. The Morgan fingerprint density at radius 3 is 2.71 bits per heavy atom. The summed E-state index contributed by atoms with van der Waals surface area (Å²) in [6.45, 7) is 2.83. The lowest BCUT2D eigenvalue weighted by atomic mass is 10.1. The van der Waals surface area contributed by atoms with Gasteiger partial charge in [0.25, 0.3) is 0 Å². The molecule has 1 aliphatic heterocycles. The van der Waals surface area contributed by atoms with Crippen LogP contribution in [0.25, 0.3) is 0 Å². The third kappa shape index (κ3) is 4.19. The summed E-state index contributed by atoms with van der Waals surface area (Å²) in [5.41, 5.74) is 6.74. The Labute approximate surface area is 109 Å². The first kappa shape index (κ1) is 14.3. The van der Waals surface area contributed by atoms with E-state index in [1.54, 1.807) is 0 Å². The van der Waals surface area contributed by atoms with Crippen molar-refractivity contribution in [2.75, 3.05) is 20.1 Å². The number of piperidine rings is 1. The van der Waals surface area contributed by atoms with E-state index >= 15 is 0 Å². The maximum Gasteiger partial charge on any atom is 0.120 e. The Morgan fingerprint density at radius 1 is 1.35 bits per heavy atom. The summed E-state index contributed by atoms with van der Waals surface area (Å²) < 4.78 is 5.96. The van der Waals surface area contributed by atoms with E-state index in [-0.39, 0.29) is 12.4 Å². The van der Waals surface area contributed by atoms with Crippen LogP contribution in [0.2, 0.25) is 0 Å². The minimum absolute atomic E-state index is 0. The van der Waals surface area contributed by atoms with Gasteiger partial charge in [0.2, 0.25) is 0 Å². The fraction of sp³-hybridized carbons (Fsp3) is 0.538. The first-order valence-corrected chi connectivity index (χ1v) is 5.92. The summed E-state index contributed by atoms with van der Waals surface area (Å²) in [6, 6.07) is 8.09. The molecule has 0 aromatic heterocycles. The van der Waals surface area contributed by atoms with Crippen LogP contribution in [0.5, 0.6) is 5.75 Å². The van der Waals surface area contributed by atoms with Crippen molar-refractivity contribution >= 4 is 12.4 Å². The molecule has 96 valence electrons. The van der Waals surface area contributed by atoms with E-state index in [2.05, 4.69) is 11.9 Å². The van der Waals surface area contributed by atoms with Crippen molar-refractivity contribution in [3.8, 4) is 5.75 Å². The second-order valence-corrected chi connectivity index (χ2v) is 4.47. The number of benzene rings is 1. The highest BCUT2D eigenvalue weighted by molar-refractivity contribution is 5.85. The zero-order valence-corrected chi connectivity index (χ0v) is 11.1. The van der Waals surface area contributed by atoms with Gasteiger partial charge in [0.15, 0.2) is 0 Å². The fourth-order valence-corrected chi connectivity index (χ4v) is 2.04. The number of likely N-dealkylation sites (tertiary alicyclic amines) is 1. The summed E-state index contributed by atoms with van der Waals surface area (Å²) in [7, 11) is 2.16. The number of hydrogen-bond acceptors (Lipinski definition) is 3. The van der Waals surface area contributed by atoms with E-state index in [1.807, 2.05) is 24.3 Å². The van der Waals surface area contributed by atoms with Crippen LogP contribution in [0.3, 0.4) is 0 Å². The summed E-state index contributed by atoms with van der Waals surface area (Å²) in [5.74, 6) is 0.956. The molecule has 0 amide bonds. The van der Waals surface area contributed by atoms with Crippen LogP contribution < -0.4 is 10.5 Å². The van der Waals surface area contributed by atoms with Gasteiger partial charge in [-0.2, -0.15) is 0 Å². The molecule has 0 saturated carbocycles. The second kappa shape index (κ2) is 6.84. The molecule has 0 radical (unpaired) electrons. The van der Waals surface area contributed by atoms with E-state index in [0.717, 1.165) is 37.2 Å². The second-order valence-electron chi connectivity index (χ2n) is 4.47. The molecule has 4 heteroatoms. The molecule has 0 unspecified atom stereocenters. The Bertz CT molecular complexity index is 338. The summed E-state index contributed by atoms with van der Waals surface area (Å²) in [5, 5.41) is 0. The van der Waals surface area contributed by atoms with Gasteiger partial charge in [0, 0.05) is 19.6 Å². The Balaban J connectivity index is 0.00000144. The summed E-state index contributed by atoms with van der Waals surface area (Å²) >= 11 is 0. The standard InChI is InChI=1S/C13H20N2O.ClH/c1-15-7-5-12(6-8-15)16-13-4-2-3-11(9-13)10-14;/h2-4,9,12H,5-8,10,14H2,1H3;1H. The highest BCUT2D eigenvalue weighted by Gasteiger charge is 2.17.